The summed E-state index contributed by atoms with van der Waals surface area (Å²) < 4.78 is 68.8. The van der Waals surface area contributed by atoms with Gasteiger partial charge in [0.05, 0.1) is 71.5 Å². The molecule has 722 valence electrons. The van der Waals surface area contributed by atoms with Crippen LogP contribution in [0.5, 0.6) is 11.6 Å². The molecule has 3 amide bonds. The summed E-state index contributed by atoms with van der Waals surface area (Å²) in [5.41, 5.74) is 3.99. The molecule has 2 aromatic carbocycles. The molecule has 1 N–H and O–H groups in total. The van der Waals surface area contributed by atoms with Gasteiger partial charge >= 0.3 is 42.2 Å². The first-order valence-corrected chi connectivity index (χ1v) is 46.5. The summed E-state index contributed by atoms with van der Waals surface area (Å²) in [4.78, 5) is 151. The van der Waals surface area contributed by atoms with Crippen LogP contribution in [0.15, 0.2) is 73.8 Å². The maximum absolute atomic E-state index is 13.7. The monoisotopic (exact) mass is 1850 g/mol. The zero-order chi connectivity index (χ0) is 96.1. The smallest absolute Gasteiger partial charge is 0.417 e. The Morgan fingerprint density at radius 3 is 1.36 bits per heavy atom. The van der Waals surface area contributed by atoms with Crippen molar-refractivity contribution >= 4 is 122 Å². The number of ether oxygens (including phenoxy) is 9. The number of fused-ring (bicyclic) bond motifs is 4. The van der Waals surface area contributed by atoms with E-state index >= 15 is 0 Å². The van der Waals surface area contributed by atoms with Gasteiger partial charge in [0.15, 0.2) is 62.1 Å². The third-order valence-corrected chi connectivity index (χ3v) is 21.3. The van der Waals surface area contributed by atoms with Gasteiger partial charge in [-0.2, -0.15) is 29.9 Å². The number of aromatic nitrogens is 16. The van der Waals surface area contributed by atoms with E-state index in [-0.39, 0.29) is 98.2 Å². The normalized spacial score (nSPS) is 13.8. The highest BCUT2D eigenvalue weighted by atomic mass is 19.1. The number of anilines is 6. The van der Waals surface area contributed by atoms with E-state index < -0.39 is 46.9 Å². The van der Waals surface area contributed by atoms with E-state index in [4.69, 9.17) is 52.6 Å². The van der Waals surface area contributed by atoms with Crippen molar-refractivity contribution in [2.24, 2.45) is 0 Å². The van der Waals surface area contributed by atoms with Crippen molar-refractivity contribution in [3.63, 3.8) is 0 Å². The lowest BCUT2D eigenvalue weighted by atomic mass is 9.84. The van der Waals surface area contributed by atoms with E-state index in [1.54, 1.807) is 81.1 Å². The van der Waals surface area contributed by atoms with Crippen molar-refractivity contribution in [2.75, 3.05) is 109 Å². The molecule has 0 unspecified atom stereocenters. The fourth-order valence-electron chi connectivity index (χ4n) is 14.9. The second-order valence-electron chi connectivity index (χ2n) is 35.5. The molecule has 0 bridgehead atoms. The lowest BCUT2D eigenvalue weighted by Crippen LogP contribution is -2.39. The lowest BCUT2D eigenvalue weighted by Gasteiger charge is -2.27. The van der Waals surface area contributed by atoms with Gasteiger partial charge in [0.2, 0.25) is 17.8 Å². The van der Waals surface area contributed by atoms with Crippen LogP contribution in [0.4, 0.5) is 54.1 Å². The van der Waals surface area contributed by atoms with Gasteiger partial charge in [0.25, 0.3) is 5.88 Å². The Morgan fingerprint density at radius 1 is 0.474 bits per heavy atom. The molecule has 13 rings (SSSR count). The molecule has 10 aromatic rings. The number of carbonyl (C=O) groups excluding carboxylic acids is 7. The molecule has 0 atom stereocenters. The SMILES string of the molecule is CCCCCN(C(=O)OC(C)(C)C)c1nc(N(C)CC)c2ncn(CC(=O)OCC)c2n1.CCCCCN(C(=O)OC(C)(C)C)c1nc(NC2CCCCC2)c2ncn(CC(=O)OCC)c2n1.CCOC(=O)Cn1cnc2c(N3CCOCC3)nc(C)nc21.CCOC(=O)Cn1cnc2c(Oc3ccc(F)cc3)nc(N(Cc3ccc(C4CCCCC4)cc3)C(=O)OC(C)(C)C)nc21. The number of amides is 3. The molecule has 2 saturated carbocycles. The molecule has 133 heavy (non-hydrogen) atoms. The first-order valence-electron chi connectivity index (χ1n) is 46.5. The van der Waals surface area contributed by atoms with E-state index in [1.165, 1.54) is 93.9 Å². The summed E-state index contributed by atoms with van der Waals surface area (Å²) in [7, 11) is 1.89. The van der Waals surface area contributed by atoms with Crippen LogP contribution in [0.3, 0.4) is 0 Å². The molecule has 0 radical (unpaired) electrons. The van der Waals surface area contributed by atoms with E-state index in [2.05, 4.69) is 86.0 Å². The van der Waals surface area contributed by atoms with Crippen LogP contribution in [0.25, 0.3) is 44.7 Å². The minimum Gasteiger partial charge on any atom is -0.465 e. The van der Waals surface area contributed by atoms with Gasteiger partial charge in [-0.3, -0.25) is 19.2 Å². The third-order valence-electron chi connectivity index (χ3n) is 21.3. The second kappa shape index (κ2) is 48.7. The molecule has 8 aromatic heterocycles. The number of nitrogens with zero attached hydrogens (tertiary/aromatic N) is 21. The quantitative estimate of drug-likeness (QED) is 0.0227. The first kappa shape index (κ1) is 103. The number of halogens is 1. The summed E-state index contributed by atoms with van der Waals surface area (Å²) in [6, 6.07) is 14.0. The Kier molecular flexibility index (Phi) is 37.6. The Bertz CT molecular complexity index is 5490. The Balaban J connectivity index is 0.000000188. The predicted molar refractivity (Wildman–Crippen MR) is 502 cm³/mol. The minimum absolute atomic E-state index is 0.00849. The van der Waals surface area contributed by atoms with Crippen LogP contribution in [-0.2, 0) is 89.8 Å². The number of aryl methyl sites for hydroxylation is 1. The Hall–Kier alpha value is -12.6. The number of morpholine rings is 1. The molecule has 38 nitrogen and oxygen atoms in total. The lowest BCUT2D eigenvalue weighted by molar-refractivity contribution is -0.144. The molecule has 3 aliphatic rings. The predicted octanol–water partition coefficient (Wildman–Crippen LogP) is 16.7. The average molecular weight is 1850 g/mol. The van der Waals surface area contributed by atoms with Gasteiger partial charge in [-0.05, 0) is 184 Å². The second-order valence-corrected chi connectivity index (χ2v) is 35.5. The summed E-state index contributed by atoms with van der Waals surface area (Å²) in [5, 5.41) is 3.54. The number of hydrogen-bond acceptors (Lipinski definition) is 31. The number of nitrogens with one attached hydrogen (secondary N) is 1. The number of imidazole rings is 4. The molecule has 1 saturated heterocycles. The van der Waals surface area contributed by atoms with Gasteiger partial charge in [-0.1, -0.05) is 102 Å². The van der Waals surface area contributed by atoms with E-state index in [0.29, 0.717) is 115 Å². The van der Waals surface area contributed by atoms with Crippen molar-refractivity contribution in [1.29, 1.82) is 0 Å². The standard InChI is InChI=1S/C33H38FN5O5.C25H40N6O4.C22H36N6O4.C14H19N5O3/c1-5-42-27(40)20-38-21-35-28-29(38)36-31(37-30(28)43-26-17-15-25(34)16-18-26)39(32(41)44-33(2,3)4)19-22-11-13-24(14-12-22)23-9-7-6-8-10-23;1-6-8-12-15-31(24(33)35-25(3,4)5)23-28-21(27-18-13-10-9-11-14-18)20-22(29-23)30(17-26-20)16-19(32)34-7-2;1-8-11-12-13-28(21(30)32-22(4,5)6)20-24-18(26(7)9-2)17-19(25-20)27(15-23-17)14-16(29)31-10-3;1-3-22-11(20)8-19-9-15-12-13(16-10(2)17-14(12)19)18-4-6-21-7-5-18/h11-18,21,23H,5-10,19-20H2,1-4H3;17-18H,6-16H2,1-5H3,(H,27,28,29);15H,8-14H2,1-7H3;9H,3-8H2,1-2H3. The zero-order valence-electron chi connectivity index (χ0n) is 80.5. The number of unbranched alkanes of at least 4 members (excludes halogenated alkanes) is 4. The highest BCUT2D eigenvalue weighted by Gasteiger charge is 2.34. The summed E-state index contributed by atoms with van der Waals surface area (Å²) in [5.74, 6) is 1.99. The maximum atomic E-state index is 13.7. The molecular weight excluding hydrogens is 1710 g/mol. The van der Waals surface area contributed by atoms with Gasteiger partial charge in [0, 0.05) is 45.8 Å². The van der Waals surface area contributed by atoms with Crippen molar-refractivity contribution < 1.29 is 80.6 Å². The number of rotatable bonds is 33. The van der Waals surface area contributed by atoms with E-state index in [0.717, 1.165) is 88.7 Å². The highest BCUT2D eigenvalue weighted by molar-refractivity contribution is 5.93. The van der Waals surface area contributed by atoms with Gasteiger partial charge in [-0.25, -0.2) is 63.4 Å². The molecule has 2 aliphatic carbocycles. The van der Waals surface area contributed by atoms with Crippen LogP contribution in [-0.4, -0.2) is 222 Å². The summed E-state index contributed by atoms with van der Waals surface area (Å²) >= 11 is 0. The largest absolute Gasteiger partial charge is 0.465 e. The van der Waals surface area contributed by atoms with Crippen LogP contribution >= 0.6 is 0 Å². The van der Waals surface area contributed by atoms with Gasteiger partial charge in [0.1, 0.15) is 60.4 Å². The van der Waals surface area contributed by atoms with Gasteiger partial charge in [-0.15, -0.1) is 0 Å². The number of esters is 4. The molecular formula is C94H133FN22O16. The number of carbonyl (C=O) groups is 7. The van der Waals surface area contributed by atoms with Crippen molar-refractivity contribution in [3.05, 3.63) is 96.6 Å². The third kappa shape index (κ3) is 30.0. The summed E-state index contributed by atoms with van der Waals surface area (Å²) in [6.45, 7) is 37.0. The van der Waals surface area contributed by atoms with Crippen molar-refractivity contribution in [2.45, 2.75) is 282 Å². The van der Waals surface area contributed by atoms with Gasteiger partial charge < -0.3 is 76.0 Å². The van der Waals surface area contributed by atoms with Crippen LogP contribution in [0.2, 0.25) is 0 Å². The van der Waals surface area contributed by atoms with E-state index in [1.807, 2.05) is 79.5 Å². The Labute approximate surface area is 776 Å². The minimum atomic E-state index is -0.788. The Morgan fingerprint density at radius 2 is 0.895 bits per heavy atom. The van der Waals surface area contributed by atoms with Crippen LogP contribution in [0, 0.1) is 12.7 Å². The fourth-order valence-corrected chi connectivity index (χ4v) is 14.9. The number of benzene rings is 2. The summed E-state index contributed by atoms with van der Waals surface area (Å²) in [6.07, 6.45) is 21.9. The van der Waals surface area contributed by atoms with Crippen LogP contribution in [0.1, 0.15) is 236 Å². The number of hydrogen-bond donors (Lipinski definition) is 1. The molecule has 9 heterocycles. The maximum Gasteiger partial charge on any atom is 0.417 e. The van der Waals surface area contributed by atoms with E-state index in [9.17, 15) is 38.0 Å². The molecule has 39 heteroatoms. The fraction of sp³-hybridized carbons (Fsp3) is 0.585. The highest BCUT2D eigenvalue weighted by Crippen LogP contribution is 2.37. The van der Waals surface area contributed by atoms with Crippen molar-refractivity contribution in [3.8, 4) is 11.6 Å². The van der Waals surface area contributed by atoms with Crippen LogP contribution < -0.4 is 34.6 Å². The first-order chi connectivity index (χ1) is 63.6. The molecule has 0 spiro atoms. The zero-order valence-corrected chi connectivity index (χ0v) is 80.5. The van der Waals surface area contributed by atoms with Crippen molar-refractivity contribution in [1.82, 2.24) is 78.1 Å². The molecule has 3 fully saturated rings. The molecule has 1 aliphatic heterocycles. The topological polar surface area (TPSA) is 405 Å². The average Bonchev–Trinajstić information content (AvgIpc) is 1.68.